The molecule has 0 aliphatic rings. The van der Waals surface area contributed by atoms with Crippen LogP contribution in [-0.2, 0) is 13.2 Å². The van der Waals surface area contributed by atoms with E-state index in [0.717, 1.165) is 5.69 Å². The Hall–Kier alpha value is -1.40. The van der Waals surface area contributed by atoms with Crippen LogP contribution in [0, 0.1) is 5.82 Å². The molecule has 0 spiro atoms. The second-order valence-electron chi connectivity index (χ2n) is 5.75. The van der Waals surface area contributed by atoms with Gasteiger partial charge in [-0.1, -0.05) is 5.16 Å². The van der Waals surface area contributed by atoms with E-state index in [2.05, 4.69) is 47.2 Å². The smallest absolute Gasteiger partial charge is 0.174 e. The van der Waals surface area contributed by atoms with Crippen LogP contribution in [0.15, 0.2) is 33.3 Å². The van der Waals surface area contributed by atoms with Crippen LogP contribution in [0.4, 0.5) is 4.39 Å². The molecule has 6 heteroatoms. The van der Waals surface area contributed by atoms with Gasteiger partial charge in [-0.25, -0.2) is 4.39 Å². The van der Waals surface area contributed by atoms with Gasteiger partial charge in [-0.2, -0.15) is 0 Å². The summed E-state index contributed by atoms with van der Waals surface area (Å²) in [6.07, 6.45) is 0. The fourth-order valence-corrected chi connectivity index (χ4v) is 1.83. The van der Waals surface area contributed by atoms with E-state index in [1.807, 2.05) is 6.07 Å². The van der Waals surface area contributed by atoms with Crippen LogP contribution >= 0.6 is 15.9 Å². The van der Waals surface area contributed by atoms with Crippen LogP contribution in [0.1, 0.15) is 32.2 Å². The lowest BCUT2D eigenvalue weighted by molar-refractivity contribution is 0.247. The van der Waals surface area contributed by atoms with Crippen molar-refractivity contribution in [3.05, 3.63) is 46.0 Å². The van der Waals surface area contributed by atoms with E-state index in [0.29, 0.717) is 22.5 Å². The topological polar surface area (TPSA) is 47.3 Å². The standard InChI is InChI=1S/C15H18BrFN2O2/c1-15(2,3)18-8-10-6-12(21-19-10)9-20-11-4-5-13(16)14(17)7-11/h4-7,18H,8-9H2,1-3H3. The zero-order valence-electron chi connectivity index (χ0n) is 12.2. The molecule has 2 rings (SSSR count). The molecular formula is C15H18BrFN2O2. The van der Waals surface area contributed by atoms with Crippen LogP contribution in [-0.4, -0.2) is 10.7 Å². The summed E-state index contributed by atoms with van der Waals surface area (Å²) in [5, 5.41) is 7.28. The maximum Gasteiger partial charge on any atom is 0.174 e. The summed E-state index contributed by atoms with van der Waals surface area (Å²) in [6, 6.07) is 6.44. The van der Waals surface area contributed by atoms with Gasteiger partial charge >= 0.3 is 0 Å². The van der Waals surface area contributed by atoms with E-state index < -0.39 is 0 Å². The summed E-state index contributed by atoms with van der Waals surface area (Å²) in [5.41, 5.74) is 0.829. The van der Waals surface area contributed by atoms with Crippen molar-refractivity contribution in [2.75, 3.05) is 0 Å². The lowest BCUT2D eigenvalue weighted by Crippen LogP contribution is -2.35. The molecule has 2 aromatic rings. The quantitative estimate of drug-likeness (QED) is 0.877. The number of hydrogen-bond acceptors (Lipinski definition) is 4. The molecular weight excluding hydrogens is 339 g/mol. The van der Waals surface area contributed by atoms with E-state index in [1.165, 1.54) is 6.07 Å². The summed E-state index contributed by atoms with van der Waals surface area (Å²) in [5.74, 6) is 0.686. The molecule has 21 heavy (non-hydrogen) atoms. The molecule has 0 aliphatic heterocycles. The molecule has 0 fully saturated rings. The molecule has 0 amide bonds. The van der Waals surface area contributed by atoms with Gasteiger partial charge in [-0.15, -0.1) is 0 Å². The molecule has 0 unspecified atom stereocenters. The normalized spacial score (nSPS) is 11.7. The van der Waals surface area contributed by atoms with Crippen molar-refractivity contribution in [2.24, 2.45) is 0 Å². The Morgan fingerprint density at radius 2 is 2.10 bits per heavy atom. The van der Waals surface area contributed by atoms with E-state index in [4.69, 9.17) is 9.26 Å². The highest BCUT2D eigenvalue weighted by atomic mass is 79.9. The van der Waals surface area contributed by atoms with E-state index in [1.54, 1.807) is 12.1 Å². The first kappa shape index (κ1) is 16.0. The molecule has 114 valence electrons. The molecule has 1 heterocycles. The van der Waals surface area contributed by atoms with Crippen LogP contribution in [0.5, 0.6) is 5.75 Å². The minimum atomic E-state index is -0.361. The number of rotatable bonds is 5. The Kier molecular flexibility index (Phi) is 5.00. The van der Waals surface area contributed by atoms with E-state index >= 15 is 0 Å². The third-order valence-corrected chi connectivity index (χ3v) is 3.32. The Bertz CT molecular complexity index is 608. The van der Waals surface area contributed by atoms with Gasteiger partial charge in [-0.3, -0.25) is 0 Å². The number of benzene rings is 1. The van der Waals surface area contributed by atoms with Crippen LogP contribution < -0.4 is 10.1 Å². The summed E-state index contributed by atoms with van der Waals surface area (Å²) < 4.78 is 24.4. The van der Waals surface area contributed by atoms with Gasteiger partial charge < -0.3 is 14.6 Å². The van der Waals surface area contributed by atoms with Crippen molar-refractivity contribution in [3.63, 3.8) is 0 Å². The molecule has 0 aliphatic carbocycles. The van der Waals surface area contributed by atoms with Crippen LogP contribution in [0.2, 0.25) is 0 Å². The first-order valence-electron chi connectivity index (χ1n) is 6.61. The summed E-state index contributed by atoms with van der Waals surface area (Å²) >= 11 is 3.10. The largest absolute Gasteiger partial charge is 0.485 e. The third-order valence-electron chi connectivity index (χ3n) is 2.68. The second-order valence-corrected chi connectivity index (χ2v) is 6.61. The van der Waals surface area contributed by atoms with E-state index in [9.17, 15) is 4.39 Å². The average Bonchev–Trinajstić information content (AvgIpc) is 2.85. The molecule has 1 N–H and O–H groups in total. The van der Waals surface area contributed by atoms with Crippen molar-refractivity contribution < 1.29 is 13.7 Å². The number of nitrogens with zero attached hydrogens (tertiary/aromatic N) is 1. The SMILES string of the molecule is CC(C)(C)NCc1cc(COc2ccc(Br)c(F)c2)on1. The maximum absolute atomic E-state index is 13.4. The first-order valence-corrected chi connectivity index (χ1v) is 7.40. The van der Waals surface area contributed by atoms with Crippen LogP contribution in [0.3, 0.4) is 0 Å². The zero-order chi connectivity index (χ0) is 15.5. The number of ether oxygens (including phenoxy) is 1. The summed E-state index contributed by atoms with van der Waals surface area (Å²) in [4.78, 5) is 0. The minimum Gasteiger partial charge on any atom is -0.485 e. The molecule has 0 saturated carbocycles. The van der Waals surface area contributed by atoms with Gasteiger partial charge in [0.1, 0.15) is 18.2 Å². The summed E-state index contributed by atoms with van der Waals surface area (Å²) in [7, 11) is 0. The Balaban J connectivity index is 1.89. The van der Waals surface area contributed by atoms with Gasteiger partial charge in [0.2, 0.25) is 0 Å². The third kappa shape index (κ3) is 5.13. The van der Waals surface area contributed by atoms with Gasteiger partial charge in [0.25, 0.3) is 0 Å². The van der Waals surface area contributed by atoms with Gasteiger partial charge in [0.05, 0.1) is 10.2 Å². The Labute approximate surface area is 131 Å². The van der Waals surface area contributed by atoms with Crippen molar-refractivity contribution >= 4 is 15.9 Å². The number of hydrogen-bond donors (Lipinski definition) is 1. The van der Waals surface area contributed by atoms with Crippen LogP contribution in [0.25, 0.3) is 0 Å². The molecule has 0 bridgehead atoms. The second kappa shape index (κ2) is 6.58. The predicted molar refractivity (Wildman–Crippen MR) is 81.5 cm³/mol. The highest BCUT2D eigenvalue weighted by molar-refractivity contribution is 9.10. The van der Waals surface area contributed by atoms with Crippen molar-refractivity contribution in [1.82, 2.24) is 10.5 Å². The first-order chi connectivity index (χ1) is 9.83. The maximum atomic E-state index is 13.4. The molecule has 1 aromatic heterocycles. The lowest BCUT2D eigenvalue weighted by atomic mass is 10.1. The number of halogens is 2. The molecule has 4 nitrogen and oxygen atoms in total. The summed E-state index contributed by atoms with van der Waals surface area (Å²) in [6.45, 7) is 7.08. The van der Waals surface area contributed by atoms with Crippen molar-refractivity contribution in [3.8, 4) is 5.75 Å². The monoisotopic (exact) mass is 356 g/mol. The molecule has 0 atom stereocenters. The highest BCUT2D eigenvalue weighted by Crippen LogP contribution is 2.21. The highest BCUT2D eigenvalue weighted by Gasteiger charge is 2.11. The van der Waals surface area contributed by atoms with Crippen molar-refractivity contribution in [1.29, 1.82) is 0 Å². The fourth-order valence-electron chi connectivity index (χ4n) is 1.58. The number of aromatic nitrogens is 1. The molecule has 0 saturated heterocycles. The zero-order valence-corrected chi connectivity index (χ0v) is 13.8. The minimum absolute atomic E-state index is 0.0184. The number of nitrogens with one attached hydrogen (secondary N) is 1. The van der Waals surface area contributed by atoms with Gasteiger partial charge in [-0.05, 0) is 48.8 Å². The fraction of sp³-hybridized carbons (Fsp3) is 0.400. The van der Waals surface area contributed by atoms with Gasteiger partial charge in [0, 0.05) is 24.2 Å². The Morgan fingerprint density at radius 1 is 1.33 bits per heavy atom. The Morgan fingerprint density at radius 3 is 2.76 bits per heavy atom. The van der Waals surface area contributed by atoms with Crippen molar-refractivity contribution in [2.45, 2.75) is 39.5 Å². The lowest BCUT2D eigenvalue weighted by Gasteiger charge is -2.19. The van der Waals surface area contributed by atoms with Gasteiger partial charge in [0.15, 0.2) is 5.76 Å². The predicted octanol–water partition coefficient (Wildman–Crippen LogP) is 4.04. The molecule has 1 aromatic carbocycles. The van der Waals surface area contributed by atoms with E-state index in [-0.39, 0.29) is 18.0 Å². The average molecular weight is 357 g/mol. The molecule has 0 radical (unpaired) electrons.